The molecule has 3 aromatic rings. The maximum absolute atomic E-state index is 11.6. The highest BCUT2D eigenvalue weighted by molar-refractivity contribution is 5.75. The van der Waals surface area contributed by atoms with Crippen molar-refractivity contribution >= 4 is 5.97 Å². The minimum atomic E-state index is -1.88. The summed E-state index contributed by atoms with van der Waals surface area (Å²) in [5, 5.41) is 61.5. The van der Waals surface area contributed by atoms with Gasteiger partial charge in [0.05, 0.1) is 20.1 Å². The number of fused-ring (bicyclic) bond motifs is 5. The van der Waals surface area contributed by atoms with E-state index in [4.69, 9.17) is 28.4 Å². The van der Waals surface area contributed by atoms with Crippen LogP contribution >= 0.6 is 0 Å². The summed E-state index contributed by atoms with van der Waals surface area (Å²) in [7, 11) is 2.96. The molecular weight excluding hydrogens is 580 g/mol. The molecule has 1 saturated heterocycles. The molecule has 0 saturated carbocycles. The predicted octanol–water partition coefficient (Wildman–Crippen LogP) is 1.10. The van der Waals surface area contributed by atoms with Crippen molar-refractivity contribution in [1.82, 2.24) is 0 Å². The number of aliphatic carboxylic acids is 1. The fourth-order valence-electron chi connectivity index (χ4n) is 6.12. The van der Waals surface area contributed by atoms with Crippen LogP contribution in [0, 0.1) is 0 Å². The molecule has 0 unspecified atom stereocenters. The van der Waals surface area contributed by atoms with Gasteiger partial charge in [0, 0.05) is 23.8 Å². The van der Waals surface area contributed by atoms with Crippen LogP contribution in [0.15, 0.2) is 48.5 Å². The lowest BCUT2D eigenvalue weighted by Gasteiger charge is -2.39. The Bertz CT molecular complexity index is 1540. The molecule has 44 heavy (non-hydrogen) atoms. The molecule has 234 valence electrons. The quantitative estimate of drug-likeness (QED) is 0.212. The van der Waals surface area contributed by atoms with Crippen LogP contribution in [0.3, 0.4) is 0 Å². The second kappa shape index (κ2) is 11.8. The fraction of sp³-hybridized carbons (Fsp3) is 0.387. The number of aliphatic hydroxyl groups is 5. The normalized spacial score (nSPS) is 28.5. The largest absolute Gasteiger partial charge is 0.493 e. The standard InChI is InChI=1S/C31H32O13/c1-39-18-10-14(8-9-32)19-21-26(43-27(19)25(18)40-2)20-16(13-6-4-3-5-7-13)11-15(12-17(20)42-30(21)38)41-31-24(35)22(33)23(34)28(44-31)29(36)37/h3-7,10-12,21-24,26,28,30-35,38H,8-9H2,1-2H3,(H,36,37)/t21-,22-,23-,24+,26-,28-,30-,31+/m0/s1. The second-order valence-corrected chi connectivity index (χ2v) is 10.7. The molecule has 0 spiro atoms. The van der Waals surface area contributed by atoms with Gasteiger partial charge in [-0.3, -0.25) is 0 Å². The fourth-order valence-corrected chi connectivity index (χ4v) is 6.12. The Morgan fingerprint density at radius 1 is 0.909 bits per heavy atom. The van der Waals surface area contributed by atoms with Crippen molar-refractivity contribution in [3.05, 3.63) is 65.2 Å². The van der Waals surface area contributed by atoms with Crippen LogP contribution in [0.25, 0.3) is 11.1 Å². The molecule has 0 bridgehead atoms. The van der Waals surface area contributed by atoms with Crippen LogP contribution in [0.2, 0.25) is 0 Å². The SMILES string of the molecule is COc1cc(CCO)c2c(c1OC)O[C@H]1c3c(cc(O[C@@H]4O[C@H](C(=O)O)[C@@H](O)[C@H](O)[C@H]4O)cc3-c3ccccc3)O[C@H](O)[C@@H]21. The first-order valence-electron chi connectivity index (χ1n) is 13.9. The van der Waals surface area contributed by atoms with E-state index < -0.39 is 55.0 Å². The zero-order valence-electron chi connectivity index (χ0n) is 23.7. The van der Waals surface area contributed by atoms with Gasteiger partial charge in [0.1, 0.15) is 35.9 Å². The van der Waals surface area contributed by atoms with E-state index in [0.717, 1.165) is 5.56 Å². The summed E-state index contributed by atoms with van der Waals surface area (Å²) in [5.41, 5.74) is 3.16. The first-order valence-corrected chi connectivity index (χ1v) is 13.9. The molecule has 6 rings (SSSR count). The highest BCUT2D eigenvalue weighted by Gasteiger charge is 2.51. The lowest BCUT2D eigenvalue weighted by atomic mass is 9.82. The van der Waals surface area contributed by atoms with Crippen molar-refractivity contribution in [2.45, 2.75) is 55.4 Å². The van der Waals surface area contributed by atoms with E-state index in [1.165, 1.54) is 20.3 Å². The number of hydrogen-bond acceptors (Lipinski definition) is 12. The number of ether oxygens (including phenoxy) is 6. The Hall–Kier alpha value is -4.11. The first-order chi connectivity index (χ1) is 21.2. The number of carboxylic acid groups (broad SMARTS) is 1. The van der Waals surface area contributed by atoms with Crippen molar-refractivity contribution in [2.75, 3.05) is 20.8 Å². The molecule has 0 aromatic heterocycles. The number of carboxylic acids is 1. The molecule has 13 nitrogen and oxygen atoms in total. The Balaban J connectivity index is 1.46. The summed E-state index contributed by atoms with van der Waals surface area (Å²) in [4.78, 5) is 11.6. The molecule has 0 radical (unpaired) electrons. The van der Waals surface area contributed by atoms with E-state index in [0.29, 0.717) is 39.5 Å². The lowest BCUT2D eigenvalue weighted by molar-refractivity contribution is -0.271. The zero-order chi connectivity index (χ0) is 31.3. The molecule has 0 aliphatic carbocycles. The number of aliphatic hydroxyl groups excluding tert-OH is 5. The van der Waals surface area contributed by atoms with Gasteiger partial charge >= 0.3 is 5.97 Å². The lowest BCUT2D eigenvalue weighted by Crippen LogP contribution is -2.61. The Morgan fingerprint density at radius 2 is 1.66 bits per heavy atom. The van der Waals surface area contributed by atoms with Gasteiger partial charge in [-0.2, -0.15) is 0 Å². The van der Waals surface area contributed by atoms with Crippen LogP contribution in [-0.4, -0.2) is 94.4 Å². The van der Waals surface area contributed by atoms with Gasteiger partial charge in [-0.15, -0.1) is 0 Å². The van der Waals surface area contributed by atoms with Crippen LogP contribution in [0.1, 0.15) is 28.7 Å². The molecule has 8 atom stereocenters. The number of hydrogen-bond donors (Lipinski definition) is 6. The summed E-state index contributed by atoms with van der Waals surface area (Å²) in [6.45, 7) is -0.160. The van der Waals surface area contributed by atoms with Crippen LogP contribution in [-0.2, 0) is 16.0 Å². The van der Waals surface area contributed by atoms with E-state index in [1.807, 2.05) is 30.3 Å². The van der Waals surface area contributed by atoms with Gasteiger partial charge in [-0.05, 0) is 35.2 Å². The van der Waals surface area contributed by atoms with E-state index in [-0.39, 0.29) is 24.5 Å². The van der Waals surface area contributed by atoms with Gasteiger partial charge in [-0.1, -0.05) is 30.3 Å². The van der Waals surface area contributed by atoms with Crippen molar-refractivity contribution < 1.29 is 63.9 Å². The molecular formula is C31H32O13. The highest BCUT2D eigenvalue weighted by atomic mass is 16.7. The third kappa shape index (κ3) is 4.87. The minimum absolute atomic E-state index is 0.0563. The Morgan fingerprint density at radius 3 is 2.32 bits per heavy atom. The van der Waals surface area contributed by atoms with E-state index in [2.05, 4.69) is 0 Å². The highest BCUT2D eigenvalue weighted by Crippen LogP contribution is 2.60. The summed E-state index contributed by atoms with van der Waals surface area (Å²) in [6, 6.07) is 14.0. The molecule has 3 aliphatic heterocycles. The van der Waals surface area contributed by atoms with Crippen LogP contribution in [0.5, 0.6) is 28.7 Å². The maximum atomic E-state index is 11.6. The summed E-state index contributed by atoms with van der Waals surface area (Å²) in [5.74, 6) is -0.954. The topological polar surface area (TPSA) is 194 Å². The zero-order valence-corrected chi connectivity index (χ0v) is 23.7. The summed E-state index contributed by atoms with van der Waals surface area (Å²) < 4.78 is 34.9. The molecule has 0 amide bonds. The van der Waals surface area contributed by atoms with Gasteiger partial charge in [-0.25, -0.2) is 4.79 Å². The van der Waals surface area contributed by atoms with Crippen molar-refractivity contribution in [3.63, 3.8) is 0 Å². The molecule has 1 fully saturated rings. The smallest absolute Gasteiger partial charge is 0.335 e. The van der Waals surface area contributed by atoms with E-state index >= 15 is 0 Å². The summed E-state index contributed by atoms with van der Waals surface area (Å²) in [6.07, 6.45) is -11.0. The van der Waals surface area contributed by atoms with Crippen molar-refractivity contribution in [2.24, 2.45) is 0 Å². The van der Waals surface area contributed by atoms with Gasteiger partial charge < -0.3 is 59.1 Å². The number of methoxy groups -OCH3 is 2. The Labute approximate surface area is 251 Å². The first kappa shape index (κ1) is 29.9. The molecule has 3 aliphatic rings. The average molecular weight is 613 g/mol. The predicted molar refractivity (Wildman–Crippen MR) is 150 cm³/mol. The monoisotopic (exact) mass is 612 g/mol. The number of benzene rings is 3. The van der Waals surface area contributed by atoms with Crippen molar-refractivity contribution in [3.8, 4) is 39.9 Å². The van der Waals surface area contributed by atoms with Gasteiger partial charge in [0.25, 0.3) is 0 Å². The van der Waals surface area contributed by atoms with Crippen LogP contribution in [0.4, 0.5) is 0 Å². The van der Waals surface area contributed by atoms with E-state index in [1.54, 1.807) is 12.1 Å². The van der Waals surface area contributed by atoms with Crippen molar-refractivity contribution in [1.29, 1.82) is 0 Å². The molecule has 3 heterocycles. The second-order valence-electron chi connectivity index (χ2n) is 10.7. The molecule has 6 N–H and O–H groups in total. The molecule has 13 heteroatoms. The Kier molecular flexibility index (Phi) is 8.01. The van der Waals surface area contributed by atoms with E-state index in [9.17, 15) is 35.4 Å². The van der Waals surface area contributed by atoms with Gasteiger partial charge in [0.2, 0.25) is 18.3 Å². The number of rotatable bonds is 8. The van der Waals surface area contributed by atoms with Crippen LogP contribution < -0.4 is 23.7 Å². The minimum Gasteiger partial charge on any atom is -0.493 e. The summed E-state index contributed by atoms with van der Waals surface area (Å²) >= 11 is 0. The third-order valence-corrected chi connectivity index (χ3v) is 8.14. The van der Waals surface area contributed by atoms with Gasteiger partial charge in [0.15, 0.2) is 17.6 Å². The molecule has 3 aromatic carbocycles. The number of carbonyl (C=O) groups is 1. The maximum Gasteiger partial charge on any atom is 0.335 e. The average Bonchev–Trinajstić information content (AvgIpc) is 3.42. The third-order valence-electron chi connectivity index (χ3n) is 8.14.